The molecule has 0 saturated carbocycles. The van der Waals surface area contributed by atoms with Crippen molar-refractivity contribution in [3.05, 3.63) is 34.9 Å². The number of hydrogen-bond donors (Lipinski definition) is 0. The Morgan fingerprint density at radius 3 is 2.60 bits per heavy atom. The van der Waals surface area contributed by atoms with E-state index in [4.69, 9.17) is 0 Å². The number of hydrogen-bond acceptors (Lipinski definition) is 1. The molecule has 0 fully saturated rings. The molecule has 0 unspecified atom stereocenters. The van der Waals surface area contributed by atoms with Gasteiger partial charge in [-0.1, -0.05) is 45.4 Å². The highest BCUT2D eigenvalue weighted by Gasteiger charge is 2.43. The molecule has 2 atom stereocenters. The zero-order chi connectivity index (χ0) is 18.2. The van der Waals surface area contributed by atoms with Gasteiger partial charge in [0.2, 0.25) is 0 Å². The molecule has 0 radical (unpaired) electrons. The van der Waals surface area contributed by atoms with Gasteiger partial charge < -0.3 is 4.90 Å². The van der Waals surface area contributed by atoms with E-state index in [1.807, 2.05) is 0 Å². The Morgan fingerprint density at radius 2 is 1.96 bits per heavy atom. The lowest BCUT2D eigenvalue weighted by molar-refractivity contribution is 0.265. The van der Waals surface area contributed by atoms with Crippen LogP contribution in [-0.4, -0.2) is 11.6 Å². The van der Waals surface area contributed by atoms with Crippen molar-refractivity contribution in [1.82, 2.24) is 0 Å². The minimum Gasteiger partial charge on any atom is -0.363 e. The van der Waals surface area contributed by atoms with Crippen molar-refractivity contribution < 1.29 is 0 Å². The monoisotopic (exact) mass is 339 g/mol. The molecule has 1 heterocycles. The second-order valence-corrected chi connectivity index (χ2v) is 9.26. The maximum absolute atomic E-state index is 2.77. The molecule has 138 valence electrons. The Kier molecular flexibility index (Phi) is 5.32. The Labute approximate surface area is 155 Å². The quantitative estimate of drug-likeness (QED) is 0.561. The molecule has 1 aliphatic heterocycles. The van der Waals surface area contributed by atoms with Crippen molar-refractivity contribution in [2.24, 2.45) is 5.92 Å². The summed E-state index contributed by atoms with van der Waals surface area (Å²) in [6, 6.07) is 5.36. The Balaban J connectivity index is 2.17. The van der Waals surface area contributed by atoms with Crippen LogP contribution in [0.25, 0.3) is 6.08 Å². The lowest BCUT2D eigenvalue weighted by Crippen LogP contribution is -2.55. The van der Waals surface area contributed by atoms with Crippen LogP contribution in [0.15, 0.2) is 18.2 Å². The van der Waals surface area contributed by atoms with Crippen molar-refractivity contribution in [2.75, 3.05) is 4.90 Å². The third-order valence-corrected chi connectivity index (χ3v) is 6.17. The van der Waals surface area contributed by atoms with Crippen molar-refractivity contribution in [1.29, 1.82) is 0 Å². The first-order valence-electron chi connectivity index (χ1n) is 10.5. The topological polar surface area (TPSA) is 3.24 Å². The number of nitrogens with zero attached hydrogens (tertiary/aromatic N) is 1. The molecule has 1 aromatic rings. The molecule has 1 nitrogen and oxygen atoms in total. The Morgan fingerprint density at radius 1 is 1.20 bits per heavy atom. The molecule has 1 aromatic carbocycles. The molecule has 3 rings (SSSR count). The highest BCUT2D eigenvalue weighted by atomic mass is 15.2. The molecule has 0 amide bonds. The number of fused-ring (bicyclic) bond motifs is 3. The first-order chi connectivity index (χ1) is 11.9. The smallest absolute Gasteiger partial charge is 0.0411 e. The number of benzene rings is 1. The van der Waals surface area contributed by atoms with Crippen LogP contribution in [0.5, 0.6) is 0 Å². The van der Waals surface area contributed by atoms with Gasteiger partial charge in [0.1, 0.15) is 0 Å². The van der Waals surface area contributed by atoms with Gasteiger partial charge in [0.05, 0.1) is 0 Å². The fraction of sp³-hybridized carbons (Fsp3) is 0.667. The first-order valence-corrected chi connectivity index (χ1v) is 10.5. The lowest BCUT2D eigenvalue weighted by Gasteiger charge is -2.53. The summed E-state index contributed by atoms with van der Waals surface area (Å²) < 4.78 is 0. The van der Waals surface area contributed by atoms with Gasteiger partial charge in [-0.05, 0) is 87.5 Å². The standard InChI is InChI=1S/C24H37N/c1-7-10-20-16-24(6,15-17(2)3)25(18(4)5)22-14-13-19-11-8-9-12-21(19)23(20)22/h8,11,13-14,17-18,20H,7,9-10,12,15-16H2,1-6H3/t20-,24-/m1/s1. The van der Waals surface area contributed by atoms with Crippen molar-refractivity contribution in [3.8, 4) is 0 Å². The van der Waals surface area contributed by atoms with Gasteiger partial charge in [-0.15, -0.1) is 0 Å². The van der Waals surface area contributed by atoms with E-state index in [2.05, 4.69) is 70.7 Å². The molecular weight excluding hydrogens is 302 g/mol. The predicted molar refractivity (Wildman–Crippen MR) is 112 cm³/mol. The van der Waals surface area contributed by atoms with Gasteiger partial charge in [0.15, 0.2) is 0 Å². The van der Waals surface area contributed by atoms with Gasteiger partial charge in [-0.2, -0.15) is 0 Å². The average molecular weight is 340 g/mol. The van der Waals surface area contributed by atoms with Crippen LogP contribution >= 0.6 is 0 Å². The van der Waals surface area contributed by atoms with Crippen LogP contribution in [0.1, 0.15) is 96.3 Å². The molecule has 1 heteroatoms. The van der Waals surface area contributed by atoms with Crippen molar-refractivity contribution in [2.45, 2.75) is 97.6 Å². The summed E-state index contributed by atoms with van der Waals surface area (Å²) in [5, 5.41) is 0. The summed E-state index contributed by atoms with van der Waals surface area (Å²) in [7, 11) is 0. The highest BCUT2D eigenvalue weighted by Crippen LogP contribution is 2.51. The molecule has 0 aromatic heterocycles. The molecule has 0 spiro atoms. The van der Waals surface area contributed by atoms with Crippen LogP contribution in [0.3, 0.4) is 0 Å². The van der Waals surface area contributed by atoms with Gasteiger partial charge in [-0.25, -0.2) is 0 Å². The van der Waals surface area contributed by atoms with E-state index in [-0.39, 0.29) is 5.54 Å². The second-order valence-electron chi connectivity index (χ2n) is 9.26. The maximum atomic E-state index is 2.77. The van der Waals surface area contributed by atoms with Crippen LogP contribution in [-0.2, 0) is 6.42 Å². The van der Waals surface area contributed by atoms with Gasteiger partial charge in [0.25, 0.3) is 0 Å². The highest BCUT2D eigenvalue weighted by molar-refractivity contribution is 5.70. The van der Waals surface area contributed by atoms with E-state index in [9.17, 15) is 0 Å². The largest absolute Gasteiger partial charge is 0.363 e. The number of allylic oxidation sites excluding steroid dienone is 1. The van der Waals surface area contributed by atoms with Crippen LogP contribution in [0.4, 0.5) is 5.69 Å². The lowest BCUT2D eigenvalue weighted by atomic mass is 9.70. The molecule has 0 bridgehead atoms. The molecule has 0 saturated heterocycles. The number of anilines is 1. The van der Waals surface area contributed by atoms with E-state index >= 15 is 0 Å². The van der Waals surface area contributed by atoms with E-state index in [0.717, 1.165) is 11.8 Å². The molecular formula is C24H37N. The normalized spacial score (nSPS) is 25.4. The van der Waals surface area contributed by atoms with Gasteiger partial charge >= 0.3 is 0 Å². The fourth-order valence-corrected chi connectivity index (χ4v) is 5.79. The van der Waals surface area contributed by atoms with E-state index in [1.165, 1.54) is 49.8 Å². The van der Waals surface area contributed by atoms with E-state index < -0.39 is 0 Å². The summed E-state index contributed by atoms with van der Waals surface area (Å²) in [4.78, 5) is 2.77. The molecule has 0 N–H and O–H groups in total. The second kappa shape index (κ2) is 7.17. The summed E-state index contributed by atoms with van der Waals surface area (Å²) in [6.45, 7) is 14.4. The Bertz CT molecular complexity index is 640. The summed E-state index contributed by atoms with van der Waals surface area (Å²) >= 11 is 0. The summed E-state index contributed by atoms with van der Waals surface area (Å²) in [5.74, 6) is 1.45. The van der Waals surface area contributed by atoms with Crippen LogP contribution < -0.4 is 4.90 Å². The first kappa shape index (κ1) is 18.5. The Hall–Kier alpha value is -1.24. The summed E-state index contributed by atoms with van der Waals surface area (Å²) in [6.07, 6.45) is 12.3. The third kappa shape index (κ3) is 3.39. The van der Waals surface area contributed by atoms with Crippen molar-refractivity contribution >= 4 is 11.8 Å². The molecule has 1 aliphatic carbocycles. The SMILES string of the molecule is CCC[C@@H]1C[C@@](C)(CC(C)C)N(C(C)C)c2ccc3c(c21)CCC=C3. The average Bonchev–Trinajstić information content (AvgIpc) is 2.53. The third-order valence-electron chi connectivity index (χ3n) is 6.17. The number of rotatable bonds is 5. The van der Waals surface area contributed by atoms with Crippen LogP contribution in [0.2, 0.25) is 0 Å². The van der Waals surface area contributed by atoms with E-state index in [0.29, 0.717) is 6.04 Å². The minimum absolute atomic E-state index is 0.272. The van der Waals surface area contributed by atoms with Crippen LogP contribution in [0, 0.1) is 5.92 Å². The van der Waals surface area contributed by atoms with Crippen molar-refractivity contribution in [3.63, 3.8) is 0 Å². The summed E-state index contributed by atoms with van der Waals surface area (Å²) in [5.41, 5.74) is 6.63. The predicted octanol–water partition coefficient (Wildman–Crippen LogP) is 6.95. The minimum atomic E-state index is 0.272. The fourth-order valence-electron chi connectivity index (χ4n) is 5.79. The van der Waals surface area contributed by atoms with E-state index in [1.54, 1.807) is 11.1 Å². The van der Waals surface area contributed by atoms with Gasteiger partial charge in [0, 0.05) is 17.3 Å². The zero-order valence-corrected chi connectivity index (χ0v) is 17.2. The molecule has 2 aliphatic rings. The van der Waals surface area contributed by atoms with Gasteiger partial charge in [-0.3, -0.25) is 0 Å². The zero-order valence-electron chi connectivity index (χ0n) is 17.2. The molecule has 25 heavy (non-hydrogen) atoms. The maximum Gasteiger partial charge on any atom is 0.0411 e.